The van der Waals surface area contributed by atoms with Gasteiger partial charge in [-0.05, 0) is 38.4 Å². The van der Waals surface area contributed by atoms with E-state index in [0.717, 1.165) is 31.2 Å². The Kier molecular flexibility index (Phi) is 3.78. The van der Waals surface area contributed by atoms with Crippen molar-refractivity contribution < 1.29 is 0 Å². The van der Waals surface area contributed by atoms with E-state index in [0.29, 0.717) is 0 Å². The van der Waals surface area contributed by atoms with Gasteiger partial charge in [0.1, 0.15) is 0 Å². The Labute approximate surface area is 97.9 Å². The molecule has 1 N–H and O–H groups in total. The highest BCUT2D eigenvalue weighted by Crippen LogP contribution is 2.26. The van der Waals surface area contributed by atoms with E-state index in [1.54, 1.807) is 0 Å². The minimum atomic E-state index is 0.800. The first-order valence-corrected chi connectivity index (χ1v) is 6.18. The standard InChI is InChI=1S/C13H21N3/c1-3-7-14-11-6-8-15-12(9-11)10-16(2)13-4-5-13/h6,8-9,13H,3-5,7,10H2,1-2H3,(H,14,15). The minimum absolute atomic E-state index is 0.800. The lowest BCUT2D eigenvalue weighted by molar-refractivity contribution is 0.312. The Morgan fingerprint density at radius 3 is 3.00 bits per heavy atom. The molecule has 88 valence electrons. The highest BCUT2D eigenvalue weighted by atomic mass is 15.2. The molecule has 0 amide bonds. The predicted molar refractivity (Wildman–Crippen MR) is 67.5 cm³/mol. The first-order valence-electron chi connectivity index (χ1n) is 6.18. The van der Waals surface area contributed by atoms with Gasteiger partial charge < -0.3 is 5.32 Å². The van der Waals surface area contributed by atoms with E-state index in [1.807, 2.05) is 12.3 Å². The summed E-state index contributed by atoms with van der Waals surface area (Å²) in [6, 6.07) is 5.00. The first kappa shape index (κ1) is 11.4. The Balaban J connectivity index is 1.92. The van der Waals surface area contributed by atoms with Crippen molar-refractivity contribution >= 4 is 5.69 Å². The molecule has 0 saturated heterocycles. The lowest BCUT2D eigenvalue weighted by Gasteiger charge is -2.15. The summed E-state index contributed by atoms with van der Waals surface area (Å²) in [5.41, 5.74) is 2.35. The van der Waals surface area contributed by atoms with E-state index in [1.165, 1.54) is 18.5 Å². The molecular formula is C13H21N3. The van der Waals surface area contributed by atoms with Gasteiger partial charge in [-0.25, -0.2) is 0 Å². The molecule has 2 rings (SSSR count). The molecule has 16 heavy (non-hydrogen) atoms. The van der Waals surface area contributed by atoms with E-state index in [-0.39, 0.29) is 0 Å². The summed E-state index contributed by atoms with van der Waals surface area (Å²) in [7, 11) is 2.19. The third kappa shape index (κ3) is 3.20. The second-order valence-electron chi connectivity index (χ2n) is 4.61. The van der Waals surface area contributed by atoms with Crippen LogP contribution in [0.25, 0.3) is 0 Å². The van der Waals surface area contributed by atoms with Gasteiger partial charge in [0, 0.05) is 31.0 Å². The van der Waals surface area contributed by atoms with Crippen molar-refractivity contribution in [2.45, 2.75) is 38.8 Å². The fraction of sp³-hybridized carbons (Fsp3) is 0.615. The first-order chi connectivity index (χ1) is 7.79. The molecule has 1 fully saturated rings. The van der Waals surface area contributed by atoms with Gasteiger partial charge in [0.15, 0.2) is 0 Å². The van der Waals surface area contributed by atoms with Crippen molar-refractivity contribution in [1.29, 1.82) is 0 Å². The van der Waals surface area contributed by atoms with Crippen LogP contribution in [0.4, 0.5) is 5.69 Å². The molecular weight excluding hydrogens is 198 g/mol. The van der Waals surface area contributed by atoms with Crippen LogP contribution in [0.3, 0.4) is 0 Å². The molecule has 1 aromatic heterocycles. The van der Waals surface area contributed by atoms with Crippen molar-refractivity contribution in [3.63, 3.8) is 0 Å². The molecule has 0 bridgehead atoms. The molecule has 0 aliphatic heterocycles. The molecule has 3 nitrogen and oxygen atoms in total. The monoisotopic (exact) mass is 219 g/mol. The molecule has 1 saturated carbocycles. The van der Waals surface area contributed by atoms with E-state index >= 15 is 0 Å². The lowest BCUT2D eigenvalue weighted by Crippen LogP contribution is -2.20. The van der Waals surface area contributed by atoms with Crippen LogP contribution in [0.2, 0.25) is 0 Å². The Bertz CT molecular complexity index is 334. The highest BCUT2D eigenvalue weighted by molar-refractivity contribution is 5.43. The summed E-state index contributed by atoms with van der Waals surface area (Å²) >= 11 is 0. The summed E-state index contributed by atoms with van der Waals surface area (Å²) in [6.45, 7) is 4.17. The van der Waals surface area contributed by atoms with Gasteiger partial charge in [0.25, 0.3) is 0 Å². The number of aromatic nitrogens is 1. The zero-order valence-corrected chi connectivity index (χ0v) is 10.2. The zero-order chi connectivity index (χ0) is 11.4. The third-order valence-electron chi connectivity index (χ3n) is 2.98. The molecule has 1 aromatic rings. The fourth-order valence-electron chi connectivity index (χ4n) is 1.84. The summed E-state index contributed by atoms with van der Waals surface area (Å²) in [4.78, 5) is 6.81. The average molecular weight is 219 g/mol. The average Bonchev–Trinajstić information content (AvgIpc) is 3.10. The molecule has 1 aliphatic rings. The van der Waals surface area contributed by atoms with Gasteiger partial charge in [-0.1, -0.05) is 6.92 Å². The van der Waals surface area contributed by atoms with Crippen LogP contribution in [-0.4, -0.2) is 29.5 Å². The SMILES string of the molecule is CCCNc1ccnc(CN(C)C2CC2)c1. The number of hydrogen-bond donors (Lipinski definition) is 1. The zero-order valence-electron chi connectivity index (χ0n) is 10.2. The minimum Gasteiger partial charge on any atom is -0.385 e. The van der Waals surface area contributed by atoms with Gasteiger partial charge >= 0.3 is 0 Å². The molecule has 0 atom stereocenters. The van der Waals surface area contributed by atoms with Gasteiger partial charge in [-0.15, -0.1) is 0 Å². The Morgan fingerprint density at radius 2 is 2.31 bits per heavy atom. The van der Waals surface area contributed by atoms with E-state index in [2.05, 4.69) is 35.2 Å². The van der Waals surface area contributed by atoms with Crippen LogP contribution in [-0.2, 0) is 6.54 Å². The maximum Gasteiger partial charge on any atom is 0.0564 e. The van der Waals surface area contributed by atoms with Crippen molar-refractivity contribution in [2.24, 2.45) is 0 Å². The van der Waals surface area contributed by atoms with Crippen LogP contribution in [0.5, 0.6) is 0 Å². The molecule has 0 unspecified atom stereocenters. The quantitative estimate of drug-likeness (QED) is 0.796. The number of rotatable bonds is 6. The van der Waals surface area contributed by atoms with Crippen LogP contribution in [0.1, 0.15) is 31.9 Å². The smallest absolute Gasteiger partial charge is 0.0564 e. The lowest BCUT2D eigenvalue weighted by atomic mass is 10.3. The largest absolute Gasteiger partial charge is 0.385 e. The van der Waals surface area contributed by atoms with Crippen LogP contribution in [0, 0.1) is 0 Å². The van der Waals surface area contributed by atoms with Crippen LogP contribution >= 0.6 is 0 Å². The second kappa shape index (κ2) is 5.30. The van der Waals surface area contributed by atoms with Gasteiger partial charge in [-0.2, -0.15) is 0 Å². The van der Waals surface area contributed by atoms with Crippen LogP contribution in [0.15, 0.2) is 18.3 Å². The molecule has 0 spiro atoms. The Morgan fingerprint density at radius 1 is 1.50 bits per heavy atom. The molecule has 1 aliphatic carbocycles. The van der Waals surface area contributed by atoms with Crippen molar-refractivity contribution in [2.75, 3.05) is 18.9 Å². The molecule has 3 heteroatoms. The van der Waals surface area contributed by atoms with E-state index in [4.69, 9.17) is 0 Å². The predicted octanol–water partition coefficient (Wildman–Crippen LogP) is 2.50. The van der Waals surface area contributed by atoms with Crippen molar-refractivity contribution in [3.8, 4) is 0 Å². The van der Waals surface area contributed by atoms with Crippen molar-refractivity contribution in [1.82, 2.24) is 9.88 Å². The van der Waals surface area contributed by atoms with E-state index in [9.17, 15) is 0 Å². The van der Waals surface area contributed by atoms with Gasteiger partial charge in [0.05, 0.1) is 5.69 Å². The second-order valence-corrected chi connectivity index (χ2v) is 4.61. The summed E-state index contributed by atoms with van der Waals surface area (Å²) in [6.07, 6.45) is 5.75. The summed E-state index contributed by atoms with van der Waals surface area (Å²) < 4.78 is 0. The summed E-state index contributed by atoms with van der Waals surface area (Å²) in [5, 5.41) is 3.39. The maximum atomic E-state index is 4.42. The highest BCUT2D eigenvalue weighted by Gasteiger charge is 2.26. The van der Waals surface area contributed by atoms with Gasteiger partial charge in [0.2, 0.25) is 0 Å². The normalized spacial score (nSPS) is 15.4. The van der Waals surface area contributed by atoms with E-state index < -0.39 is 0 Å². The van der Waals surface area contributed by atoms with Crippen LogP contribution < -0.4 is 5.32 Å². The molecule has 0 aromatic carbocycles. The number of hydrogen-bond acceptors (Lipinski definition) is 3. The van der Waals surface area contributed by atoms with Gasteiger partial charge in [-0.3, -0.25) is 9.88 Å². The number of nitrogens with one attached hydrogen (secondary N) is 1. The van der Waals surface area contributed by atoms with Crippen molar-refractivity contribution in [3.05, 3.63) is 24.0 Å². The summed E-state index contributed by atoms with van der Waals surface area (Å²) in [5.74, 6) is 0. The number of anilines is 1. The fourth-order valence-corrected chi connectivity index (χ4v) is 1.84. The topological polar surface area (TPSA) is 28.2 Å². The molecule has 1 heterocycles. The third-order valence-corrected chi connectivity index (χ3v) is 2.98. The maximum absolute atomic E-state index is 4.42. The molecule has 0 radical (unpaired) electrons. The number of pyridine rings is 1. The number of nitrogens with zero attached hydrogens (tertiary/aromatic N) is 2. The Hall–Kier alpha value is -1.09.